The van der Waals surface area contributed by atoms with Crippen molar-refractivity contribution < 1.29 is 4.79 Å². The number of nitrogens with one attached hydrogen (secondary N) is 1. The molecule has 1 aliphatic carbocycles. The molecule has 1 aromatic rings. The predicted octanol–water partition coefficient (Wildman–Crippen LogP) is 3.99. The smallest absolute Gasteiger partial charge is 0.230 e. The van der Waals surface area contributed by atoms with Gasteiger partial charge in [0.05, 0.1) is 5.69 Å². The standard InChI is InChI=1S/C15H19BrN2OS/c1-2-15(7-3-4-8-15)14(19)18-12-6-5-10(13(17)20)9-11(12)16/h5-6,9H,2-4,7-8H2,1H3,(H2,17,20)(H,18,19). The lowest BCUT2D eigenvalue weighted by atomic mass is 9.82. The van der Waals surface area contributed by atoms with Crippen LogP contribution < -0.4 is 11.1 Å². The van der Waals surface area contributed by atoms with E-state index < -0.39 is 0 Å². The summed E-state index contributed by atoms with van der Waals surface area (Å²) in [4.78, 5) is 12.9. The SMILES string of the molecule is CCC1(C(=O)Nc2ccc(C(N)=S)cc2Br)CCCC1. The summed E-state index contributed by atoms with van der Waals surface area (Å²) in [6, 6.07) is 5.51. The Morgan fingerprint density at radius 3 is 2.60 bits per heavy atom. The Balaban J connectivity index is 2.17. The Hall–Kier alpha value is -0.940. The van der Waals surface area contributed by atoms with Gasteiger partial charge in [0.1, 0.15) is 4.99 Å². The number of thiocarbonyl (C=S) groups is 1. The Labute approximate surface area is 133 Å². The van der Waals surface area contributed by atoms with Crippen LogP contribution in [0.1, 0.15) is 44.6 Å². The molecule has 1 fully saturated rings. The molecule has 0 heterocycles. The zero-order valence-corrected chi connectivity index (χ0v) is 13.9. The average Bonchev–Trinajstić information content (AvgIpc) is 2.90. The van der Waals surface area contributed by atoms with Gasteiger partial charge in [0.25, 0.3) is 0 Å². The second-order valence-electron chi connectivity index (χ2n) is 5.35. The van der Waals surface area contributed by atoms with Crippen LogP contribution >= 0.6 is 28.1 Å². The van der Waals surface area contributed by atoms with Crippen molar-refractivity contribution in [2.45, 2.75) is 39.0 Å². The number of nitrogens with two attached hydrogens (primary N) is 1. The number of halogens is 1. The zero-order chi connectivity index (χ0) is 14.8. The lowest BCUT2D eigenvalue weighted by Crippen LogP contribution is -2.33. The quantitative estimate of drug-likeness (QED) is 0.803. The van der Waals surface area contributed by atoms with Gasteiger partial charge in [-0.05, 0) is 53.4 Å². The molecule has 2 rings (SSSR count). The number of carbonyl (C=O) groups is 1. The molecule has 0 unspecified atom stereocenters. The lowest BCUT2D eigenvalue weighted by molar-refractivity contribution is -0.125. The Kier molecular flexibility index (Phi) is 4.81. The molecule has 0 aliphatic heterocycles. The van der Waals surface area contributed by atoms with Gasteiger partial charge in [-0.25, -0.2) is 0 Å². The predicted molar refractivity (Wildman–Crippen MR) is 89.9 cm³/mol. The molecule has 5 heteroatoms. The van der Waals surface area contributed by atoms with Crippen LogP contribution in [0.5, 0.6) is 0 Å². The van der Waals surface area contributed by atoms with Gasteiger partial charge in [-0.2, -0.15) is 0 Å². The first-order valence-electron chi connectivity index (χ1n) is 6.89. The summed E-state index contributed by atoms with van der Waals surface area (Å²) in [7, 11) is 0. The second-order valence-corrected chi connectivity index (χ2v) is 6.65. The van der Waals surface area contributed by atoms with Gasteiger partial charge >= 0.3 is 0 Å². The zero-order valence-electron chi connectivity index (χ0n) is 11.5. The van der Waals surface area contributed by atoms with E-state index in [1.54, 1.807) is 0 Å². The number of benzene rings is 1. The van der Waals surface area contributed by atoms with Gasteiger partial charge in [0.2, 0.25) is 5.91 Å². The van der Waals surface area contributed by atoms with Crippen molar-refractivity contribution in [3.05, 3.63) is 28.2 Å². The van der Waals surface area contributed by atoms with Crippen LogP contribution in [-0.2, 0) is 4.79 Å². The number of hydrogen-bond acceptors (Lipinski definition) is 2. The van der Waals surface area contributed by atoms with Crippen molar-refractivity contribution >= 4 is 44.7 Å². The van der Waals surface area contributed by atoms with Crippen LogP contribution in [0.25, 0.3) is 0 Å². The van der Waals surface area contributed by atoms with E-state index >= 15 is 0 Å². The maximum Gasteiger partial charge on any atom is 0.230 e. The largest absolute Gasteiger partial charge is 0.389 e. The van der Waals surface area contributed by atoms with Crippen LogP contribution in [0.2, 0.25) is 0 Å². The minimum atomic E-state index is -0.193. The molecule has 1 amide bonds. The summed E-state index contributed by atoms with van der Waals surface area (Å²) in [6.45, 7) is 2.09. The molecule has 1 aromatic carbocycles. The summed E-state index contributed by atoms with van der Waals surface area (Å²) in [5, 5.41) is 3.04. The minimum Gasteiger partial charge on any atom is -0.389 e. The third kappa shape index (κ3) is 3.04. The van der Waals surface area contributed by atoms with E-state index in [1.165, 1.54) is 0 Å². The molecular weight excluding hydrogens is 336 g/mol. The molecule has 1 saturated carbocycles. The van der Waals surface area contributed by atoms with Gasteiger partial charge in [0, 0.05) is 15.5 Å². The van der Waals surface area contributed by atoms with Gasteiger partial charge in [-0.3, -0.25) is 4.79 Å². The molecule has 0 spiro atoms. The fourth-order valence-corrected chi connectivity index (χ4v) is 3.42. The molecule has 3 N–H and O–H groups in total. The Morgan fingerprint density at radius 1 is 1.45 bits per heavy atom. The normalized spacial score (nSPS) is 16.9. The van der Waals surface area contributed by atoms with Gasteiger partial charge in [0.15, 0.2) is 0 Å². The van der Waals surface area contributed by atoms with E-state index in [-0.39, 0.29) is 11.3 Å². The molecule has 1 aliphatic rings. The summed E-state index contributed by atoms with van der Waals surface area (Å²) >= 11 is 8.41. The number of anilines is 1. The van der Waals surface area contributed by atoms with E-state index in [0.29, 0.717) is 4.99 Å². The van der Waals surface area contributed by atoms with Crippen LogP contribution in [0.15, 0.2) is 22.7 Å². The monoisotopic (exact) mass is 354 g/mol. The molecule has 20 heavy (non-hydrogen) atoms. The average molecular weight is 355 g/mol. The molecule has 0 saturated heterocycles. The van der Waals surface area contributed by atoms with Crippen molar-refractivity contribution in [2.24, 2.45) is 11.1 Å². The maximum atomic E-state index is 12.6. The highest BCUT2D eigenvalue weighted by molar-refractivity contribution is 9.10. The second kappa shape index (κ2) is 6.22. The maximum absolute atomic E-state index is 12.6. The van der Waals surface area contributed by atoms with Crippen molar-refractivity contribution in [2.75, 3.05) is 5.32 Å². The van der Waals surface area contributed by atoms with Crippen LogP contribution in [0, 0.1) is 5.41 Å². The molecule has 0 radical (unpaired) electrons. The van der Waals surface area contributed by atoms with E-state index in [4.69, 9.17) is 18.0 Å². The number of hydrogen-bond donors (Lipinski definition) is 2. The topological polar surface area (TPSA) is 55.1 Å². The third-order valence-corrected chi connectivity index (χ3v) is 5.11. The van der Waals surface area contributed by atoms with E-state index in [1.807, 2.05) is 18.2 Å². The molecular formula is C15H19BrN2OS. The first-order chi connectivity index (χ1) is 9.48. The first kappa shape index (κ1) is 15.4. The molecule has 0 aromatic heterocycles. The van der Waals surface area contributed by atoms with Crippen molar-refractivity contribution in [3.63, 3.8) is 0 Å². The third-order valence-electron chi connectivity index (χ3n) is 4.22. The fourth-order valence-electron chi connectivity index (χ4n) is 2.82. The molecule has 0 atom stereocenters. The van der Waals surface area contributed by atoms with E-state index in [9.17, 15) is 4.79 Å². The molecule has 108 valence electrons. The Morgan fingerprint density at radius 2 is 2.10 bits per heavy atom. The summed E-state index contributed by atoms with van der Waals surface area (Å²) in [6.07, 6.45) is 5.14. The first-order valence-corrected chi connectivity index (χ1v) is 8.09. The summed E-state index contributed by atoms with van der Waals surface area (Å²) in [5.74, 6) is 0.126. The van der Waals surface area contributed by atoms with E-state index in [2.05, 4.69) is 28.2 Å². The fraction of sp³-hybridized carbons (Fsp3) is 0.467. The van der Waals surface area contributed by atoms with Crippen LogP contribution in [0.3, 0.4) is 0 Å². The minimum absolute atomic E-state index is 0.126. The van der Waals surface area contributed by atoms with Gasteiger partial charge in [-0.1, -0.05) is 32.0 Å². The van der Waals surface area contributed by atoms with E-state index in [0.717, 1.165) is 47.8 Å². The van der Waals surface area contributed by atoms with Gasteiger partial charge in [-0.15, -0.1) is 0 Å². The van der Waals surface area contributed by atoms with Crippen LogP contribution in [0.4, 0.5) is 5.69 Å². The highest BCUT2D eigenvalue weighted by Crippen LogP contribution is 2.42. The summed E-state index contributed by atoms with van der Waals surface area (Å²) < 4.78 is 0.806. The lowest BCUT2D eigenvalue weighted by Gasteiger charge is -2.26. The van der Waals surface area contributed by atoms with Crippen molar-refractivity contribution in [3.8, 4) is 0 Å². The number of amides is 1. The Bertz CT molecular complexity index is 539. The van der Waals surface area contributed by atoms with Crippen molar-refractivity contribution in [1.82, 2.24) is 0 Å². The highest BCUT2D eigenvalue weighted by atomic mass is 79.9. The van der Waals surface area contributed by atoms with Crippen molar-refractivity contribution in [1.29, 1.82) is 0 Å². The van der Waals surface area contributed by atoms with Crippen LogP contribution in [-0.4, -0.2) is 10.9 Å². The molecule has 0 bridgehead atoms. The number of carbonyl (C=O) groups excluding carboxylic acids is 1. The molecule has 3 nitrogen and oxygen atoms in total. The summed E-state index contributed by atoms with van der Waals surface area (Å²) in [5.41, 5.74) is 6.97. The highest BCUT2D eigenvalue weighted by Gasteiger charge is 2.39. The van der Waals surface area contributed by atoms with Gasteiger partial charge < -0.3 is 11.1 Å². The number of rotatable bonds is 4.